The zero-order valence-corrected chi connectivity index (χ0v) is 14.9. The molecule has 0 aliphatic heterocycles. The van der Waals surface area contributed by atoms with Crippen molar-refractivity contribution in [1.29, 1.82) is 0 Å². The fourth-order valence-corrected chi connectivity index (χ4v) is 3.15. The Morgan fingerprint density at radius 3 is 2.61 bits per heavy atom. The van der Waals surface area contributed by atoms with Crippen LogP contribution in [0, 0.1) is 5.92 Å². The van der Waals surface area contributed by atoms with E-state index in [1.54, 1.807) is 18.4 Å². The van der Waals surface area contributed by atoms with Crippen molar-refractivity contribution in [2.45, 2.75) is 39.8 Å². The predicted octanol–water partition coefficient (Wildman–Crippen LogP) is 4.72. The largest absolute Gasteiger partial charge is 0.496 e. The van der Waals surface area contributed by atoms with Crippen molar-refractivity contribution in [1.82, 2.24) is 4.90 Å². The summed E-state index contributed by atoms with van der Waals surface area (Å²) in [5.41, 5.74) is 1.05. The number of thiophene rings is 1. The second-order valence-electron chi connectivity index (χ2n) is 6.07. The minimum absolute atomic E-state index is 0.206. The maximum atomic E-state index is 12.7. The number of rotatable bonds is 8. The Kier molecular flexibility index (Phi) is 6.66. The molecule has 0 fully saturated rings. The van der Waals surface area contributed by atoms with Crippen LogP contribution < -0.4 is 4.74 Å². The van der Waals surface area contributed by atoms with E-state index in [1.165, 1.54) is 4.88 Å². The zero-order chi connectivity index (χ0) is 16.7. The molecule has 1 amide bonds. The quantitative estimate of drug-likeness (QED) is 0.700. The molecule has 1 aromatic carbocycles. The van der Waals surface area contributed by atoms with Crippen LogP contribution in [-0.2, 0) is 17.9 Å². The van der Waals surface area contributed by atoms with Crippen molar-refractivity contribution in [2.24, 2.45) is 5.92 Å². The zero-order valence-electron chi connectivity index (χ0n) is 14.1. The number of benzene rings is 1. The summed E-state index contributed by atoms with van der Waals surface area (Å²) in [5.74, 6) is 1.58. The third-order valence-corrected chi connectivity index (χ3v) is 4.63. The monoisotopic (exact) mass is 331 g/mol. The van der Waals surface area contributed by atoms with Gasteiger partial charge in [-0.05, 0) is 29.9 Å². The van der Waals surface area contributed by atoms with Gasteiger partial charge >= 0.3 is 0 Å². The first kappa shape index (κ1) is 17.5. The molecule has 0 aliphatic carbocycles. The van der Waals surface area contributed by atoms with Crippen molar-refractivity contribution in [3.05, 3.63) is 52.2 Å². The molecule has 23 heavy (non-hydrogen) atoms. The van der Waals surface area contributed by atoms with E-state index in [0.717, 1.165) is 17.7 Å². The van der Waals surface area contributed by atoms with Crippen molar-refractivity contribution < 1.29 is 9.53 Å². The van der Waals surface area contributed by atoms with E-state index >= 15 is 0 Å². The van der Waals surface area contributed by atoms with Gasteiger partial charge in [-0.3, -0.25) is 4.79 Å². The van der Waals surface area contributed by atoms with E-state index in [9.17, 15) is 4.79 Å². The molecule has 2 aromatic rings. The highest BCUT2D eigenvalue weighted by Gasteiger charge is 2.17. The molecule has 0 aliphatic rings. The molecule has 0 radical (unpaired) electrons. The summed E-state index contributed by atoms with van der Waals surface area (Å²) in [6.07, 6.45) is 1.52. The summed E-state index contributed by atoms with van der Waals surface area (Å²) >= 11 is 1.69. The minimum Gasteiger partial charge on any atom is -0.496 e. The molecule has 0 N–H and O–H groups in total. The lowest BCUT2D eigenvalue weighted by Crippen LogP contribution is -2.30. The lowest BCUT2D eigenvalue weighted by atomic mass is 10.1. The normalized spacial score (nSPS) is 10.8. The molecule has 124 valence electrons. The Morgan fingerprint density at radius 1 is 1.17 bits per heavy atom. The van der Waals surface area contributed by atoms with Gasteiger partial charge in [0.05, 0.1) is 13.7 Å². The van der Waals surface area contributed by atoms with Crippen molar-refractivity contribution in [3.8, 4) is 5.75 Å². The van der Waals surface area contributed by atoms with Crippen LogP contribution in [0.1, 0.15) is 37.1 Å². The standard InChI is InChI=1S/C19H25NO2S/c1-15(2)10-11-19(21)20(14-17-8-6-12-23-17)13-16-7-4-5-9-18(16)22-3/h4-9,12,15H,10-11,13-14H2,1-3H3. The Morgan fingerprint density at radius 2 is 1.96 bits per heavy atom. The van der Waals surface area contributed by atoms with Gasteiger partial charge in [-0.1, -0.05) is 38.1 Å². The molecule has 2 rings (SSSR count). The van der Waals surface area contributed by atoms with Crippen LogP contribution in [-0.4, -0.2) is 17.9 Å². The summed E-state index contributed by atoms with van der Waals surface area (Å²) in [6, 6.07) is 12.0. The molecule has 0 bridgehead atoms. The van der Waals surface area contributed by atoms with Crippen LogP contribution in [0.5, 0.6) is 5.75 Å². The summed E-state index contributed by atoms with van der Waals surface area (Å²) in [7, 11) is 1.67. The van der Waals surface area contributed by atoms with Crippen molar-refractivity contribution in [2.75, 3.05) is 7.11 Å². The molecule has 0 saturated heterocycles. The van der Waals surface area contributed by atoms with E-state index in [0.29, 0.717) is 25.4 Å². The Balaban J connectivity index is 2.13. The number of carbonyl (C=O) groups excluding carboxylic acids is 1. The highest BCUT2D eigenvalue weighted by atomic mass is 32.1. The topological polar surface area (TPSA) is 29.5 Å². The maximum absolute atomic E-state index is 12.7. The summed E-state index contributed by atoms with van der Waals surface area (Å²) in [5, 5.41) is 2.05. The fraction of sp³-hybridized carbons (Fsp3) is 0.421. The Labute approximate surface area is 142 Å². The number of carbonyl (C=O) groups is 1. The van der Waals surface area contributed by atoms with Crippen LogP contribution in [0.2, 0.25) is 0 Å². The number of hydrogen-bond donors (Lipinski definition) is 0. The van der Waals surface area contributed by atoms with Gasteiger partial charge in [-0.25, -0.2) is 0 Å². The molecule has 3 nitrogen and oxygen atoms in total. The molecular formula is C19H25NO2S. The van der Waals surface area contributed by atoms with Crippen LogP contribution in [0.15, 0.2) is 41.8 Å². The average Bonchev–Trinajstić information content (AvgIpc) is 3.05. The number of amides is 1. The summed E-state index contributed by atoms with van der Waals surface area (Å²) < 4.78 is 5.42. The SMILES string of the molecule is COc1ccccc1CN(Cc1cccs1)C(=O)CCC(C)C. The van der Waals surface area contributed by atoms with Gasteiger partial charge in [0.15, 0.2) is 0 Å². The fourth-order valence-electron chi connectivity index (χ4n) is 2.43. The number of para-hydroxylation sites is 1. The second kappa shape index (κ2) is 8.73. The number of ether oxygens (including phenoxy) is 1. The first-order valence-electron chi connectivity index (χ1n) is 8.02. The van der Waals surface area contributed by atoms with E-state index < -0.39 is 0 Å². The Bertz CT molecular complexity index is 608. The highest BCUT2D eigenvalue weighted by Crippen LogP contribution is 2.22. The van der Waals surface area contributed by atoms with Gasteiger partial charge in [0.1, 0.15) is 5.75 Å². The third-order valence-electron chi connectivity index (χ3n) is 3.77. The first-order valence-corrected chi connectivity index (χ1v) is 8.90. The van der Waals surface area contributed by atoms with Gasteiger partial charge in [0, 0.05) is 23.4 Å². The summed E-state index contributed by atoms with van der Waals surface area (Å²) in [4.78, 5) is 15.8. The van der Waals surface area contributed by atoms with Crippen LogP contribution in [0.4, 0.5) is 0 Å². The van der Waals surface area contributed by atoms with Gasteiger partial charge < -0.3 is 9.64 Å². The average molecular weight is 331 g/mol. The van der Waals surface area contributed by atoms with Crippen molar-refractivity contribution in [3.63, 3.8) is 0 Å². The smallest absolute Gasteiger partial charge is 0.223 e. The van der Waals surface area contributed by atoms with E-state index in [4.69, 9.17) is 4.74 Å². The molecular weight excluding hydrogens is 306 g/mol. The number of methoxy groups -OCH3 is 1. The Hall–Kier alpha value is -1.81. The van der Waals surface area contributed by atoms with Crippen molar-refractivity contribution >= 4 is 17.2 Å². The number of nitrogens with zero attached hydrogens (tertiary/aromatic N) is 1. The second-order valence-corrected chi connectivity index (χ2v) is 7.11. The van der Waals surface area contributed by atoms with E-state index in [2.05, 4.69) is 25.3 Å². The molecule has 1 aromatic heterocycles. The van der Waals surface area contributed by atoms with Gasteiger partial charge in [0.25, 0.3) is 0 Å². The summed E-state index contributed by atoms with van der Waals surface area (Å²) in [6.45, 7) is 5.54. The van der Waals surface area contributed by atoms with Gasteiger partial charge in [0.2, 0.25) is 5.91 Å². The highest BCUT2D eigenvalue weighted by molar-refractivity contribution is 7.09. The minimum atomic E-state index is 0.206. The molecule has 4 heteroatoms. The molecule has 1 heterocycles. The van der Waals surface area contributed by atoms with E-state index in [1.807, 2.05) is 35.2 Å². The molecule has 0 unspecified atom stereocenters. The van der Waals surface area contributed by atoms with Gasteiger partial charge in [-0.15, -0.1) is 11.3 Å². The van der Waals surface area contributed by atoms with E-state index in [-0.39, 0.29) is 5.91 Å². The van der Waals surface area contributed by atoms with Crippen LogP contribution in [0.25, 0.3) is 0 Å². The lowest BCUT2D eigenvalue weighted by Gasteiger charge is -2.24. The lowest BCUT2D eigenvalue weighted by molar-refractivity contribution is -0.132. The maximum Gasteiger partial charge on any atom is 0.223 e. The number of hydrogen-bond acceptors (Lipinski definition) is 3. The predicted molar refractivity (Wildman–Crippen MR) is 95.6 cm³/mol. The first-order chi connectivity index (χ1) is 11.1. The molecule has 0 spiro atoms. The van der Waals surface area contributed by atoms with Crippen LogP contribution >= 0.6 is 11.3 Å². The molecule has 0 atom stereocenters. The van der Waals surface area contributed by atoms with Crippen LogP contribution in [0.3, 0.4) is 0 Å². The van der Waals surface area contributed by atoms with Gasteiger partial charge in [-0.2, -0.15) is 0 Å². The third kappa shape index (κ3) is 5.39. The molecule has 0 saturated carbocycles.